The number of nitrogens with zero attached hydrogens (tertiary/aromatic N) is 1. The highest BCUT2D eigenvalue weighted by Crippen LogP contribution is 2.22. The Morgan fingerprint density at radius 3 is 2.72 bits per heavy atom. The summed E-state index contributed by atoms with van der Waals surface area (Å²) in [5.41, 5.74) is 1.25. The summed E-state index contributed by atoms with van der Waals surface area (Å²) < 4.78 is 13.0. The van der Waals surface area contributed by atoms with Gasteiger partial charge in [-0.2, -0.15) is 0 Å². The predicted molar refractivity (Wildman–Crippen MR) is 73.2 cm³/mol. The number of rotatable bonds is 2. The van der Waals surface area contributed by atoms with Gasteiger partial charge in [-0.25, -0.2) is 9.37 Å². The van der Waals surface area contributed by atoms with E-state index < -0.39 is 5.82 Å². The molecule has 1 heterocycles. The molecule has 6 heteroatoms. The maximum Gasteiger partial charge on any atom is 0.257 e. The van der Waals surface area contributed by atoms with Gasteiger partial charge in [-0.1, -0.05) is 0 Å². The highest BCUT2D eigenvalue weighted by atomic mass is 32.1. The molecule has 0 aliphatic rings. The molecule has 1 N–H and O–H groups in total. The van der Waals surface area contributed by atoms with Crippen molar-refractivity contribution in [1.29, 1.82) is 0 Å². The number of halogens is 1. The number of amides is 1. The molecular formula is C12H11FN2OS2. The van der Waals surface area contributed by atoms with Gasteiger partial charge in [0.05, 0.1) is 5.69 Å². The van der Waals surface area contributed by atoms with E-state index in [1.54, 1.807) is 0 Å². The number of hydrogen-bond donors (Lipinski definition) is 2. The van der Waals surface area contributed by atoms with Gasteiger partial charge < -0.3 is 0 Å². The van der Waals surface area contributed by atoms with Gasteiger partial charge in [-0.05, 0) is 32.0 Å². The molecule has 0 unspecified atom stereocenters. The third-order valence-corrected chi connectivity index (χ3v) is 3.79. The van der Waals surface area contributed by atoms with Gasteiger partial charge in [0.25, 0.3) is 5.91 Å². The van der Waals surface area contributed by atoms with Crippen LogP contribution in [-0.4, -0.2) is 10.9 Å². The molecule has 3 nitrogen and oxygen atoms in total. The maximum absolute atomic E-state index is 13.0. The SMILES string of the molecule is Cc1nc(NC(=O)c2ccc(F)c(S)c2)sc1C. The second-order valence-electron chi connectivity index (χ2n) is 3.78. The number of thiazole rings is 1. The molecule has 18 heavy (non-hydrogen) atoms. The summed E-state index contributed by atoms with van der Waals surface area (Å²) in [5, 5.41) is 3.22. The van der Waals surface area contributed by atoms with Gasteiger partial charge in [0.2, 0.25) is 0 Å². The van der Waals surface area contributed by atoms with Crippen LogP contribution in [0.2, 0.25) is 0 Å². The zero-order chi connectivity index (χ0) is 13.3. The van der Waals surface area contributed by atoms with Gasteiger partial charge in [-0.3, -0.25) is 10.1 Å². The van der Waals surface area contributed by atoms with Crippen molar-refractivity contribution in [2.75, 3.05) is 5.32 Å². The van der Waals surface area contributed by atoms with Crippen molar-refractivity contribution in [3.05, 3.63) is 40.2 Å². The Kier molecular flexibility index (Phi) is 3.68. The van der Waals surface area contributed by atoms with Crippen LogP contribution >= 0.6 is 24.0 Å². The lowest BCUT2D eigenvalue weighted by Gasteiger charge is -2.03. The normalized spacial score (nSPS) is 10.4. The lowest BCUT2D eigenvalue weighted by molar-refractivity contribution is 0.102. The molecule has 0 saturated heterocycles. The van der Waals surface area contributed by atoms with Crippen LogP contribution in [0.5, 0.6) is 0 Å². The van der Waals surface area contributed by atoms with Crippen molar-refractivity contribution in [2.45, 2.75) is 18.7 Å². The second kappa shape index (κ2) is 5.07. The van der Waals surface area contributed by atoms with Gasteiger partial charge >= 0.3 is 0 Å². The molecule has 0 aliphatic carbocycles. The first kappa shape index (κ1) is 13.0. The first-order chi connectivity index (χ1) is 8.47. The van der Waals surface area contributed by atoms with Crippen molar-refractivity contribution in [1.82, 2.24) is 4.98 Å². The molecule has 2 aromatic rings. The summed E-state index contributed by atoms with van der Waals surface area (Å²) >= 11 is 5.35. The summed E-state index contributed by atoms with van der Waals surface area (Å²) in [7, 11) is 0. The number of carbonyl (C=O) groups excluding carboxylic acids is 1. The molecule has 94 valence electrons. The average Bonchev–Trinajstić information content (AvgIpc) is 2.61. The monoisotopic (exact) mass is 282 g/mol. The lowest BCUT2D eigenvalue weighted by atomic mass is 10.2. The molecule has 0 fully saturated rings. The smallest absolute Gasteiger partial charge is 0.257 e. The Morgan fingerprint density at radius 2 is 2.17 bits per heavy atom. The van der Waals surface area contributed by atoms with E-state index in [-0.39, 0.29) is 10.8 Å². The molecule has 0 radical (unpaired) electrons. The number of thiol groups is 1. The fraction of sp³-hybridized carbons (Fsp3) is 0.167. The molecule has 1 aromatic heterocycles. The molecule has 1 aromatic carbocycles. The van der Waals surface area contributed by atoms with Crippen LogP contribution in [0.3, 0.4) is 0 Å². The molecule has 0 saturated carbocycles. The van der Waals surface area contributed by atoms with E-state index in [0.29, 0.717) is 10.7 Å². The predicted octanol–water partition coefficient (Wildman–Crippen LogP) is 3.44. The molecule has 0 atom stereocenters. The van der Waals surface area contributed by atoms with E-state index in [4.69, 9.17) is 0 Å². The Balaban J connectivity index is 2.19. The fourth-order valence-corrected chi connectivity index (χ4v) is 2.37. The van der Waals surface area contributed by atoms with E-state index in [1.165, 1.54) is 29.5 Å². The quantitative estimate of drug-likeness (QED) is 0.829. The van der Waals surface area contributed by atoms with Gasteiger partial charge in [-0.15, -0.1) is 24.0 Å². The van der Waals surface area contributed by atoms with Gasteiger partial charge in [0.15, 0.2) is 5.13 Å². The van der Waals surface area contributed by atoms with E-state index in [2.05, 4.69) is 22.9 Å². The summed E-state index contributed by atoms with van der Waals surface area (Å²) in [5.74, 6) is -0.769. The minimum absolute atomic E-state index is 0.147. The van der Waals surface area contributed by atoms with E-state index in [9.17, 15) is 9.18 Å². The third-order valence-electron chi connectivity index (χ3n) is 2.46. The van der Waals surface area contributed by atoms with Gasteiger partial charge in [0, 0.05) is 15.3 Å². The van der Waals surface area contributed by atoms with Crippen molar-refractivity contribution in [3.63, 3.8) is 0 Å². The van der Waals surface area contributed by atoms with Crippen LogP contribution in [0.15, 0.2) is 23.1 Å². The second-order valence-corrected chi connectivity index (χ2v) is 5.47. The summed E-state index contributed by atoms with van der Waals surface area (Å²) in [6, 6.07) is 4.02. The van der Waals surface area contributed by atoms with Crippen molar-refractivity contribution in [2.24, 2.45) is 0 Å². The zero-order valence-electron chi connectivity index (χ0n) is 9.82. The third kappa shape index (κ3) is 2.70. The Hall–Kier alpha value is -1.40. The maximum atomic E-state index is 13.0. The van der Waals surface area contributed by atoms with Crippen LogP contribution in [-0.2, 0) is 0 Å². The molecular weight excluding hydrogens is 271 g/mol. The first-order valence-electron chi connectivity index (χ1n) is 5.21. The van der Waals surface area contributed by atoms with Crippen LogP contribution in [0.1, 0.15) is 20.9 Å². The molecule has 0 spiro atoms. The highest BCUT2D eigenvalue weighted by Gasteiger charge is 2.11. The van der Waals surface area contributed by atoms with E-state index in [1.807, 2.05) is 13.8 Å². The number of aromatic nitrogens is 1. The fourth-order valence-electron chi connectivity index (χ4n) is 1.35. The molecule has 1 amide bonds. The van der Waals surface area contributed by atoms with Crippen LogP contribution in [0, 0.1) is 19.7 Å². The largest absolute Gasteiger partial charge is 0.298 e. The topological polar surface area (TPSA) is 42.0 Å². The first-order valence-corrected chi connectivity index (χ1v) is 6.47. The molecule has 2 rings (SSSR count). The number of anilines is 1. The number of nitrogens with one attached hydrogen (secondary N) is 1. The van der Waals surface area contributed by atoms with Crippen molar-refractivity contribution < 1.29 is 9.18 Å². The molecule has 0 bridgehead atoms. The standard InChI is InChI=1S/C12H11FN2OS2/c1-6-7(2)18-12(14-6)15-11(16)8-3-4-9(13)10(17)5-8/h3-5,17H,1-2H3,(H,14,15,16). The number of aryl methyl sites for hydroxylation is 2. The Labute approximate surface area is 113 Å². The van der Waals surface area contributed by atoms with Gasteiger partial charge in [0.1, 0.15) is 5.82 Å². The zero-order valence-corrected chi connectivity index (χ0v) is 11.5. The van der Waals surface area contributed by atoms with E-state index >= 15 is 0 Å². The number of carbonyl (C=O) groups is 1. The summed E-state index contributed by atoms with van der Waals surface area (Å²) in [6.07, 6.45) is 0. The number of hydrogen-bond acceptors (Lipinski definition) is 4. The van der Waals surface area contributed by atoms with Crippen LogP contribution in [0.25, 0.3) is 0 Å². The Bertz CT molecular complexity index is 591. The lowest BCUT2D eigenvalue weighted by Crippen LogP contribution is -2.11. The minimum Gasteiger partial charge on any atom is -0.298 e. The molecule has 0 aliphatic heterocycles. The summed E-state index contributed by atoms with van der Waals surface area (Å²) in [6.45, 7) is 3.82. The summed E-state index contributed by atoms with van der Waals surface area (Å²) in [4.78, 5) is 17.3. The van der Waals surface area contributed by atoms with Crippen molar-refractivity contribution >= 4 is 35.0 Å². The minimum atomic E-state index is -0.448. The highest BCUT2D eigenvalue weighted by molar-refractivity contribution is 7.80. The van der Waals surface area contributed by atoms with Crippen LogP contribution in [0.4, 0.5) is 9.52 Å². The average molecular weight is 282 g/mol. The van der Waals surface area contributed by atoms with Crippen LogP contribution < -0.4 is 5.32 Å². The van der Waals surface area contributed by atoms with E-state index in [0.717, 1.165) is 10.6 Å². The number of benzene rings is 1. The Morgan fingerprint density at radius 1 is 1.44 bits per heavy atom. The van der Waals surface area contributed by atoms with Crippen molar-refractivity contribution in [3.8, 4) is 0 Å².